The minimum absolute atomic E-state index is 0.0675. The van der Waals surface area contributed by atoms with Crippen LogP contribution in [0.4, 0.5) is 0 Å². The van der Waals surface area contributed by atoms with Crippen molar-refractivity contribution in [2.45, 2.75) is 51.7 Å². The van der Waals surface area contributed by atoms with Crippen molar-refractivity contribution in [2.24, 2.45) is 5.92 Å². The predicted octanol–water partition coefficient (Wildman–Crippen LogP) is 2.08. The fourth-order valence-electron chi connectivity index (χ4n) is 2.80. The van der Waals surface area contributed by atoms with E-state index in [9.17, 15) is 4.79 Å². The van der Waals surface area contributed by atoms with Gasteiger partial charge in [0.2, 0.25) is 5.91 Å². The molecule has 0 radical (unpaired) electrons. The van der Waals surface area contributed by atoms with E-state index >= 15 is 0 Å². The summed E-state index contributed by atoms with van der Waals surface area (Å²) in [6.45, 7) is 5.22. The summed E-state index contributed by atoms with van der Waals surface area (Å²) in [6, 6.07) is 0.0675. The first kappa shape index (κ1) is 13.2. The molecule has 0 bridgehead atoms. The minimum atomic E-state index is 0.0675. The number of carbonyl (C=O) groups is 1. The third kappa shape index (κ3) is 2.97. The first-order chi connectivity index (χ1) is 8.26. The SMILES string of the molecule is CCC1NC(CC)N(CC2CCSCC2)C1=O. The van der Waals surface area contributed by atoms with E-state index in [4.69, 9.17) is 0 Å². The van der Waals surface area contributed by atoms with Gasteiger partial charge in [0.1, 0.15) is 0 Å². The number of hydrogen-bond acceptors (Lipinski definition) is 3. The highest BCUT2D eigenvalue weighted by molar-refractivity contribution is 7.99. The number of nitrogens with zero attached hydrogens (tertiary/aromatic N) is 1. The summed E-state index contributed by atoms with van der Waals surface area (Å²) in [5, 5.41) is 3.45. The molecule has 0 aliphatic carbocycles. The Kier molecular flexibility index (Phi) is 4.74. The molecule has 0 aromatic carbocycles. The van der Waals surface area contributed by atoms with Crippen molar-refractivity contribution in [2.75, 3.05) is 18.1 Å². The Morgan fingerprint density at radius 2 is 2.00 bits per heavy atom. The molecule has 4 heteroatoms. The zero-order valence-electron chi connectivity index (χ0n) is 10.9. The number of carbonyl (C=O) groups excluding carboxylic acids is 1. The van der Waals surface area contributed by atoms with Gasteiger partial charge in [0, 0.05) is 6.54 Å². The van der Waals surface area contributed by atoms with Crippen molar-refractivity contribution < 1.29 is 4.79 Å². The topological polar surface area (TPSA) is 32.3 Å². The van der Waals surface area contributed by atoms with Crippen molar-refractivity contribution in [3.63, 3.8) is 0 Å². The van der Waals surface area contributed by atoms with E-state index in [-0.39, 0.29) is 12.2 Å². The van der Waals surface area contributed by atoms with Gasteiger partial charge in [-0.3, -0.25) is 10.1 Å². The quantitative estimate of drug-likeness (QED) is 0.836. The van der Waals surface area contributed by atoms with Gasteiger partial charge in [0.15, 0.2) is 0 Å². The Morgan fingerprint density at radius 3 is 2.59 bits per heavy atom. The van der Waals surface area contributed by atoms with Gasteiger partial charge in [-0.15, -0.1) is 0 Å². The van der Waals surface area contributed by atoms with Crippen molar-refractivity contribution in [3.05, 3.63) is 0 Å². The van der Waals surface area contributed by atoms with Crippen LogP contribution in [0.2, 0.25) is 0 Å². The van der Waals surface area contributed by atoms with Crippen LogP contribution in [-0.2, 0) is 4.79 Å². The fourth-order valence-corrected chi connectivity index (χ4v) is 4.01. The van der Waals surface area contributed by atoms with Crippen molar-refractivity contribution in [1.82, 2.24) is 10.2 Å². The molecule has 3 nitrogen and oxygen atoms in total. The highest BCUT2D eigenvalue weighted by Gasteiger charge is 2.37. The maximum atomic E-state index is 12.2. The Bertz CT molecular complexity index is 266. The maximum absolute atomic E-state index is 12.2. The number of amides is 1. The van der Waals surface area contributed by atoms with E-state index in [0.717, 1.165) is 25.3 Å². The summed E-state index contributed by atoms with van der Waals surface area (Å²) in [5.41, 5.74) is 0. The van der Waals surface area contributed by atoms with Gasteiger partial charge in [0.05, 0.1) is 12.2 Å². The van der Waals surface area contributed by atoms with Gasteiger partial charge in [-0.25, -0.2) is 0 Å². The van der Waals surface area contributed by atoms with E-state index in [1.807, 2.05) is 11.8 Å². The third-order valence-corrected chi connectivity index (χ3v) is 4.99. The molecule has 0 spiro atoms. The molecule has 2 rings (SSSR count). The third-order valence-electron chi connectivity index (χ3n) is 3.94. The van der Waals surface area contributed by atoms with Crippen LogP contribution in [0.15, 0.2) is 0 Å². The largest absolute Gasteiger partial charge is 0.326 e. The lowest BCUT2D eigenvalue weighted by molar-refractivity contribution is -0.130. The second kappa shape index (κ2) is 6.10. The molecule has 0 aromatic rings. The minimum Gasteiger partial charge on any atom is -0.326 e. The van der Waals surface area contributed by atoms with E-state index < -0.39 is 0 Å². The summed E-state index contributed by atoms with van der Waals surface area (Å²) in [4.78, 5) is 14.3. The summed E-state index contributed by atoms with van der Waals surface area (Å²) >= 11 is 2.05. The molecule has 17 heavy (non-hydrogen) atoms. The first-order valence-corrected chi connectivity index (χ1v) is 8.06. The van der Waals surface area contributed by atoms with Crippen LogP contribution >= 0.6 is 11.8 Å². The van der Waals surface area contributed by atoms with Gasteiger partial charge in [-0.2, -0.15) is 11.8 Å². The molecule has 2 unspecified atom stereocenters. The Labute approximate surface area is 109 Å². The lowest BCUT2D eigenvalue weighted by Crippen LogP contribution is -2.40. The lowest BCUT2D eigenvalue weighted by Gasteiger charge is -2.30. The zero-order valence-corrected chi connectivity index (χ0v) is 11.8. The summed E-state index contributed by atoms with van der Waals surface area (Å²) in [6.07, 6.45) is 4.77. The fraction of sp³-hybridized carbons (Fsp3) is 0.923. The van der Waals surface area contributed by atoms with Crippen molar-refractivity contribution in [1.29, 1.82) is 0 Å². The smallest absolute Gasteiger partial charge is 0.241 e. The second-order valence-electron chi connectivity index (χ2n) is 5.10. The van der Waals surface area contributed by atoms with Gasteiger partial charge in [-0.1, -0.05) is 13.8 Å². The van der Waals surface area contributed by atoms with Gasteiger partial charge in [-0.05, 0) is 43.1 Å². The van der Waals surface area contributed by atoms with E-state index in [1.165, 1.54) is 24.3 Å². The lowest BCUT2D eigenvalue weighted by atomic mass is 10.0. The van der Waals surface area contributed by atoms with Crippen LogP contribution in [-0.4, -0.2) is 41.1 Å². The van der Waals surface area contributed by atoms with Crippen LogP contribution in [0.3, 0.4) is 0 Å². The molecule has 2 aliphatic heterocycles. The van der Waals surface area contributed by atoms with Crippen molar-refractivity contribution >= 4 is 17.7 Å². The summed E-state index contributed by atoms with van der Waals surface area (Å²) < 4.78 is 0. The van der Waals surface area contributed by atoms with E-state index in [2.05, 4.69) is 24.1 Å². The predicted molar refractivity (Wildman–Crippen MR) is 73.1 cm³/mol. The Balaban J connectivity index is 1.94. The van der Waals surface area contributed by atoms with Gasteiger partial charge < -0.3 is 4.90 Å². The standard InChI is InChI=1S/C13H24N2OS/c1-3-11-13(16)15(12(4-2)14-11)9-10-5-7-17-8-6-10/h10-12,14H,3-9H2,1-2H3. The van der Waals surface area contributed by atoms with Gasteiger partial charge >= 0.3 is 0 Å². The molecular formula is C13H24N2OS. The molecule has 2 heterocycles. The van der Waals surface area contributed by atoms with Crippen LogP contribution in [0.5, 0.6) is 0 Å². The zero-order chi connectivity index (χ0) is 12.3. The molecule has 1 N–H and O–H groups in total. The molecule has 98 valence electrons. The highest BCUT2D eigenvalue weighted by Crippen LogP contribution is 2.26. The monoisotopic (exact) mass is 256 g/mol. The molecule has 0 aromatic heterocycles. The van der Waals surface area contributed by atoms with E-state index in [1.54, 1.807) is 0 Å². The number of hydrogen-bond donors (Lipinski definition) is 1. The molecule has 0 saturated carbocycles. The summed E-state index contributed by atoms with van der Waals surface area (Å²) in [7, 11) is 0. The molecule has 2 aliphatic rings. The molecule has 2 saturated heterocycles. The number of nitrogens with one attached hydrogen (secondary N) is 1. The van der Waals surface area contributed by atoms with Crippen LogP contribution in [0.1, 0.15) is 39.5 Å². The molecular weight excluding hydrogens is 232 g/mol. The second-order valence-corrected chi connectivity index (χ2v) is 6.32. The average molecular weight is 256 g/mol. The maximum Gasteiger partial charge on any atom is 0.241 e. The van der Waals surface area contributed by atoms with Crippen LogP contribution in [0, 0.1) is 5.92 Å². The Hall–Kier alpha value is -0.220. The van der Waals surface area contributed by atoms with Crippen LogP contribution in [0.25, 0.3) is 0 Å². The van der Waals surface area contributed by atoms with Crippen LogP contribution < -0.4 is 5.32 Å². The van der Waals surface area contributed by atoms with Gasteiger partial charge in [0.25, 0.3) is 0 Å². The normalized spacial score (nSPS) is 31.2. The number of thioether (sulfide) groups is 1. The molecule has 2 fully saturated rings. The summed E-state index contributed by atoms with van der Waals surface area (Å²) in [5.74, 6) is 3.60. The molecule has 2 atom stereocenters. The average Bonchev–Trinajstić information content (AvgIpc) is 2.68. The van der Waals surface area contributed by atoms with Crippen molar-refractivity contribution in [3.8, 4) is 0 Å². The Morgan fingerprint density at radius 1 is 1.29 bits per heavy atom. The first-order valence-electron chi connectivity index (χ1n) is 6.90. The highest BCUT2D eigenvalue weighted by atomic mass is 32.2. The molecule has 1 amide bonds. The number of rotatable bonds is 4. The van der Waals surface area contributed by atoms with E-state index in [0.29, 0.717) is 5.91 Å².